The standard InChI is InChI=1S/C13H17N3O3S/c14-10-1-4-12(5-2-10)20(18,19)15-7-8-16-11(9-15)3-6-13(16)17/h1-2,4-5,11H,3,6-9,14H2. The van der Waals surface area contributed by atoms with E-state index in [1.165, 1.54) is 16.4 Å². The van der Waals surface area contributed by atoms with Crippen molar-refractivity contribution in [1.82, 2.24) is 9.21 Å². The highest BCUT2D eigenvalue weighted by molar-refractivity contribution is 7.89. The van der Waals surface area contributed by atoms with E-state index in [2.05, 4.69) is 0 Å². The van der Waals surface area contributed by atoms with E-state index in [0.29, 0.717) is 31.7 Å². The maximum atomic E-state index is 12.6. The Morgan fingerprint density at radius 1 is 1.15 bits per heavy atom. The zero-order chi connectivity index (χ0) is 14.3. The number of carbonyl (C=O) groups is 1. The minimum absolute atomic E-state index is 0.0276. The van der Waals surface area contributed by atoms with Crippen molar-refractivity contribution in [2.45, 2.75) is 23.8 Å². The van der Waals surface area contributed by atoms with Gasteiger partial charge in [-0.05, 0) is 30.7 Å². The predicted octanol–water partition coefficient (Wildman–Crippen LogP) is 0.264. The van der Waals surface area contributed by atoms with Crippen LogP contribution in [0.25, 0.3) is 0 Å². The number of fused-ring (bicyclic) bond motifs is 1. The molecule has 1 aromatic carbocycles. The molecule has 2 saturated heterocycles. The number of rotatable bonds is 2. The number of nitrogens with zero attached hydrogens (tertiary/aromatic N) is 2. The topological polar surface area (TPSA) is 83.7 Å². The van der Waals surface area contributed by atoms with Crippen molar-refractivity contribution < 1.29 is 13.2 Å². The molecule has 0 saturated carbocycles. The van der Waals surface area contributed by atoms with Gasteiger partial charge in [-0.15, -0.1) is 0 Å². The zero-order valence-corrected chi connectivity index (χ0v) is 11.8. The van der Waals surface area contributed by atoms with Crippen LogP contribution in [-0.4, -0.2) is 49.2 Å². The molecule has 0 aromatic heterocycles. The molecule has 2 N–H and O–H groups in total. The Balaban J connectivity index is 1.82. The molecular weight excluding hydrogens is 278 g/mol. The quantitative estimate of drug-likeness (QED) is 0.794. The number of nitrogen functional groups attached to an aromatic ring is 1. The molecule has 7 heteroatoms. The molecule has 0 bridgehead atoms. The van der Waals surface area contributed by atoms with E-state index in [9.17, 15) is 13.2 Å². The second-order valence-electron chi connectivity index (χ2n) is 5.21. The van der Waals surface area contributed by atoms with Gasteiger partial charge in [0.1, 0.15) is 0 Å². The lowest BCUT2D eigenvalue weighted by Gasteiger charge is -2.36. The summed E-state index contributed by atoms with van der Waals surface area (Å²) >= 11 is 0. The number of carbonyl (C=O) groups excluding carboxylic acids is 1. The van der Waals surface area contributed by atoms with E-state index in [0.717, 1.165) is 6.42 Å². The molecule has 3 rings (SSSR count). The molecule has 2 aliphatic heterocycles. The van der Waals surface area contributed by atoms with Gasteiger partial charge >= 0.3 is 0 Å². The fourth-order valence-electron chi connectivity index (χ4n) is 2.84. The largest absolute Gasteiger partial charge is 0.399 e. The summed E-state index contributed by atoms with van der Waals surface area (Å²) in [4.78, 5) is 13.7. The lowest BCUT2D eigenvalue weighted by molar-refractivity contribution is -0.130. The summed E-state index contributed by atoms with van der Waals surface area (Å²) in [5, 5.41) is 0. The molecule has 2 aliphatic rings. The van der Waals surface area contributed by atoms with E-state index >= 15 is 0 Å². The third kappa shape index (κ3) is 2.16. The molecule has 2 heterocycles. The SMILES string of the molecule is Nc1ccc(S(=O)(=O)N2CCN3C(=O)CCC3C2)cc1. The monoisotopic (exact) mass is 295 g/mol. The summed E-state index contributed by atoms with van der Waals surface area (Å²) in [6.07, 6.45) is 1.27. The Hall–Kier alpha value is -1.60. The van der Waals surface area contributed by atoms with E-state index in [1.54, 1.807) is 17.0 Å². The van der Waals surface area contributed by atoms with Crippen LogP contribution in [0, 0.1) is 0 Å². The Morgan fingerprint density at radius 3 is 2.55 bits per heavy atom. The number of amides is 1. The first-order valence-corrected chi connectivity index (χ1v) is 8.07. The maximum Gasteiger partial charge on any atom is 0.243 e. The van der Waals surface area contributed by atoms with Crippen molar-refractivity contribution in [2.24, 2.45) is 0 Å². The highest BCUT2D eigenvalue weighted by Crippen LogP contribution is 2.26. The summed E-state index contributed by atoms with van der Waals surface area (Å²) in [5.74, 6) is 0.138. The second kappa shape index (κ2) is 4.75. The van der Waals surface area contributed by atoms with Crippen LogP contribution in [0.2, 0.25) is 0 Å². The summed E-state index contributed by atoms with van der Waals surface area (Å²) in [7, 11) is -3.50. The van der Waals surface area contributed by atoms with Gasteiger partial charge < -0.3 is 10.6 Å². The van der Waals surface area contributed by atoms with Crippen molar-refractivity contribution in [3.8, 4) is 0 Å². The molecule has 1 atom stereocenters. The van der Waals surface area contributed by atoms with Gasteiger partial charge in [0.2, 0.25) is 15.9 Å². The van der Waals surface area contributed by atoms with Crippen molar-refractivity contribution in [1.29, 1.82) is 0 Å². The number of piperazine rings is 1. The van der Waals surface area contributed by atoms with Gasteiger partial charge in [0.05, 0.1) is 4.90 Å². The first kappa shape index (κ1) is 13.4. The van der Waals surface area contributed by atoms with Crippen LogP contribution in [0.4, 0.5) is 5.69 Å². The van der Waals surface area contributed by atoms with Crippen LogP contribution in [0.1, 0.15) is 12.8 Å². The normalized spacial score (nSPS) is 23.9. The Labute approximate surface area is 118 Å². The van der Waals surface area contributed by atoms with Crippen LogP contribution in [0.3, 0.4) is 0 Å². The van der Waals surface area contributed by atoms with E-state index in [-0.39, 0.29) is 16.8 Å². The summed E-state index contributed by atoms with van der Waals surface area (Å²) in [5.41, 5.74) is 6.12. The lowest BCUT2D eigenvalue weighted by Crippen LogP contribution is -2.53. The minimum atomic E-state index is -3.50. The average molecular weight is 295 g/mol. The second-order valence-corrected chi connectivity index (χ2v) is 7.15. The molecule has 108 valence electrons. The molecule has 0 radical (unpaired) electrons. The van der Waals surface area contributed by atoms with E-state index in [1.807, 2.05) is 0 Å². The Morgan fingerprint density at radius 2 is 1.85 bits per heavy atom. The predicted molar refractivity (Wildman–Crippen MR) is 74.3 cm³/mol. The Bertz CT molecular complexity index is 627. The van der Waals surface area contributed by atoms with E-state index in [4.69, 9.17) is 5.73 Å². The fourth-order valence-corrected chi connectivity index (χ4v) is 4.31. The Kier molecular flexibility index (Phi) is 3.18. The number of sulfonamides is 1. The van der Waals surface area contributed by atoms with Gasteiger partial charge in [0.15, 0.2) is 0 Å². The number of hydrogen-bond acceptors (Lipinski definition) is 4. The summed E-state index contributed by atoms with van der Waals surface area (Å²) < 4.78 is 26.6. The van der Waals surface area contributed by atoms with Gasteiger partial charge in [-0.1, -0.05) is 0 Å². The van der Waals surface area contributed by atoms with Crippen LogP contribution < -0.4 is 5.73 Å². The van der Waals surface area contributed by atoms with Crippen LogP contribution in [-0.2, 0) is 14.8 Å². The van der Waals surface area contributed by atoms with Gasteiger partial charge in [0.25, 0.3) is 0 Å². The van der Waals surface area contributed by atoms with Crippen LogP contribution in [0.5, 0.6) is 0 Å². The molecule has 1 aromatic rings. The summed E-state index contributed by atoms with van der Waals surface area (Å²) in [6, 6.07) is 6.25. The highest BCUT2D eigenvalue weighted by atomic mass is 32.2. The molecule has 1 amide bonds. The van der Waals surface area contributed by atoms with Crippen molar-refractivity contribution in [2.75, 3.05) is 25.4 Å². The molecular formula is C13H17N3O3S. The van der Waals surface area contributed by atoms with Crippen LogP contribution >= 0.6 is 0 Å². The van der Waals surface area contributed by atoms with Crippen LogP contribution in [0.15, 0.2) is 29.2 Å². The first-order chi connectivity index (χ1) is 9.48. The number of benzene rings is 1. The summed E-state index contributed by atoms with van der Waals surface area (Å²) in [6.45, 7) is 1.23. The van der Waals surface area contributed by atoms with Crippen molar-refractivity contribution in [3.05, 3.63) is 24.3 Å². The van der Waals surface area contributed by atoms with Gasteiger partial charge in [-0.3, -0.25) is 4.79 Å². The fraction of sp³-hybridized carbons (Fsp3) is 0.462. The third-order valence-electron chi connectivity index (χ3n) is 3.98. The van der Waals surface area contributed by atoms with Gasteiger partial charge in [-0.25, -0.2) is 8.42 Å². The van der Waals surface area contributed by atoms with Gasteiger partial charge in [0, 0.05) is 37.8 Å². The van der Waals surface area contributed by atoms with Crippen molar-refractivity contribution >= 4 is 21.6 Å². The smallest absolute Gasteiger partial charge is 0.243 e. The molecule has 0 spiro atoms. The zero-order valence-electron chi connectivity index (χ0n) is 11.0. The number of nitrogens with two attached hydrogens (primary N) is 1. The minimum Gasteiger partial charge on any atom is -0.399 e. The maximum absolute atomic E-state index is 12.6. The molecule has 0 aliphatic carbocycles. The lowest BCUT2D eigenvalue weighted by atomic mass is 10.2. The molecule has 6 nitrogen and oxygen atoms in total. The van der Waals surface area contributed by atoms with Gasteiger partial charge in [-0.2, -0.15) is 4.31 Å². The average Bonchev–Trinajstić information content (AvgIpc) is 2.80. The number of anilines is 1. The van der Waals surface area contributed by atoms with Crippen molar-refractivity contribution in [3.63, 3.8) is 0 Å². The molecule has 2 fully saturated rings. The molecule has 1 unspecified atom stereocenters. The third-order valence-corrected chi connectivity index (χ3v) is 5.85. The van der Waals surface area contributed by atoms with E-state index < -0.39 is 10.0 Å². The highest BCUT2D eigenvalue weighted by Gasteiger charge is 2.39. The molecule has 20 heavy (non-hydrogen) atoms. The number of hydrogen-bond donors (Lipinski definition) is 1. The first-order valence-electron chi connectivity index (χ1n) is 6.63.